The largest absolute Gasteiger partial charge is 0.273 e. The van der Waals surface area contributed by atoms with Gasteiger partial charge in [-0.1, -0.05) is 0 Å². The number of alkyl halides is 1. The van der Waals surface area contributed by atoms with E-state index in [0.717, 1.165) is 12.2 Å². The maximum atomic E-state index is 5.52. The summed E-state index contributed by atoms with van der Waals surface area (Å²) in [5.41, 5.74) is 0.943. The van der Waals surface area contributed by atoms with Crippen LogP contribution in [0.25, 0.3) is 0 Å². The van der Waals surface area contributed by atoms with Crippen LogP contribution in [0, 0.1) is 0 Å². The molecule has 58 valence electrons. The van der Waals surface area contributed by atoms with E-state index in [9.17, 15) is 0 Å². The Balaban J connectivity index is 0.000000810. The van der Waals surface area contributed by atoms with Gasteiger partial charge in [-0.2, -0.15) is 5.10 Å². The van der Waals surface area contributed by atoms with Crippen molar-refractivity contribution >= 4 is 24.0 Å². The topological polar surface area (TPSA) is 17.8 Å². The molecule has 10 heavy (non-hydrogen) atoms. The lowest BCUT2D eigenvalue weighted by Gasteiger charge is -1.90. The quantitative estimate of drug-likeness (QED) is 0.638. The van der Waals surface area contributed by atoms with E-state index >= 15 is 0 Å². The normalized spacial score (nSPS) is 9.00. The molecule has 1 rings (SSSR count). The van der Waals surface area contributed by atoms with E-state index in [1.165, 1.54) is 0 Å². The third kappa shape index (κ3) is 2.20. The number of rotatable bonds is 2. The van der Waals surface area contributed by atoms with E-state index in [-0.39, 0.29) is 12.4 Å². The van der Waals surface area contributed by atoms with Gasteiger partial charge >= 0.3 is 0 Å². The van der Waals surface area contributed by atoms with Crippen LogP contribution in [0.1, 0.15) is 12.6 Å². The first-order valence-corrected chi connectivity index (χ1v) is 3.48. The van der Waals surface area contributed by atoms with Crippen molar-refractivity contribution in [3.63, 3.8) is 0 Å². The van der Waals surface area contributed by atoms with Gasteiger partial charge in [0.15, 0.2) is 0 Å². The molecule has 1 heterocycles. The van der Waals surface area contributed by atoms with Crippen LogP contribution in [-0.4, -0.2) is 9.78 Å². The summed E-state index contributed by atoms with van der Waals surface area (Å²) in [5, 5.41) is 4.13. The van der Waals surface area contributed by atoms with Crippen LogP contribution in [0.3, 0.4) is 0 Å². The molecule has 0 aromatic carbocycles. The number of hydrogen-bond acceptors (Lipinski definition) is 1. The number of halogens is 2. The lowest BCUT2D eigenvalue weighted by atomic mass is 10.5. The second kappa shape index (κ2) is 4.58. The van der Waals surface area contributed by atoms with Gasteiger partial charge in [-0.05, 0) is 13.0 Å². The number of hydrogen-bond donors (Lipinski definition) is 0. The maximum Gasteiger partial charge on any atom is 0.0772 e. The van der Waals surface area contributed by atoms with Crippen LogP contribution in [0.5, 0.6) is 0 Å². The molecule has 1 aromatic heterocycles. The van der Waals surface area contributed by atoms with Gasteiger partial charge in [-0.15, -0.1) is 24.0 Å². The van der Waals surface area contributed by atoms with E-state index in [4.69, 9.17) is 11.6 Å². The van der Waals surface area contributed by atoms with Gasteiger partial charge < -0.3 is 0 Å². The second-order valence-corrected chi connectivity index (χ2v) is 2.06. The van der Waals surface area contributed by atoms with Gasteiger partial charge in [0.2, 0.25) is 0 Å². The monoisotopic (exact) mass is 180 g/mol. The van der Waals surface area contributed by atoms with Gasteiger partial charge in [0.25, 0.3) is 0 Å². The smallest absolute Gasteiger partial charge is 0.0772 e. The molecular formula is C6H10Cl2N2. The summed E-state index contributed by atoms with van der Waals surface area (Å²) in [5.74, 6) is 0.507. The Hall–Kier alpha value is -0.210. The standard InChI is InChI=1S/C6H9ClN2.ClH/c1-2-9-4-3-6(5-7)8-9;/h3-4H,2,5H2,1H3;1H. The summed E-state index contributed by atoms with van der Waals surface area (Å²) in [6.45, 7) is 2.96. The van der Waals surface area contributed by atoms with Crippen molar-refractivity contribution in [2.45, 2.75) is 19.3 Å². The molecule has 0 amide bonds. The molecule has 0 aliphatic carbocycles. The number of aryl methyl sites for hydroxylation is 1. The first kappa shape index (κ1) is 9.79. The van der Waals surface area contributed by atoms with Crippen molar-refractivity contribution in [1.82, 2.24) is 9.78 Å². The Morgan fingerprint density at radius 2 is 2.40 bits per heavy atom. The number of nitrogens with zero attached hydrogens (tertiary/aromatic N) is 2. The minimum atomic E-state index is 0. The van der Waals surface area contributed by atoms with E-state index < -0.39 is 0 Å². The van der Waals surface area contributed by atoms with E-state index in [0.29, 0.717) is 5.88 Å². The maximum absolute atomic E-state index is 5.52. The van der Waals surface area contributed by atoms with Crippen molar-refractivity contribution in [2.75, 3.05) is 0 Å². The van der Waals surface area contributed by atoms with Crippen LogP contribution in [0.2, 0.25) is 0 Å². The minimum Gasteiger partial charge on any atom is -0.273 e. The summed E-state index contributed by atoms with van der Waals surface area (Å²) in [6, 6.07) is 1.93. The van der Waals surface area contributed by atoms with Crippen molar-refractivity contribution in [2.24, 2.45) is 0 Å². The Labute approximate surface area is 71.6 Å². The molecule has 0 spiro atoms. The van der Waals surface area contributed by atoms with Gasteiger partial charge in [-0.25, -0.2) is 0 Å². The average molecular weight is 181 g/mol. The van der Waals surface area contributed by atoms with Crippen molar-refractivity contribution in [3.8, 4) is 0 Å². The van der Waals surface area contributed by atoms with Crippen molar-refractivity contribution in [3.05, 3.63) is 18.0 Å². The summed E-state index contributed by atoms with van der Waals surface area (Å²) in [7, 11) is 0. The third-order valence-electron chi connectivity index (χ3n) is 1.16. The van der Waals surface area contributed by atoms with Crippen LogP contribution in [0.15, 0.2) is 12.3 Å². The lowest BCUT2D eigenvalue weighted by molar-refractivity contribution is 0.652. The first-order chi connectivity index (χ1) is 4.36. The van der Waals surface area contributed by atoms with Crippen LogP contribution in [0.4, 0.5) is 0 Å². The number of aromatic nitrogens is 2. The molecule has 0 aliphatic rings. The molecule has 0 N–H and O–H groups in total. The molecule has 0 unspecified atom stereocenters. The molecular weight excluding hydrogens is 171 g/mol. The SMILES string of the molecule is CCn1ccc(CCl)n1.Cl. The van der Waals surface area contributed by atoms with Crippen molar-refractivity contribution in [1.29, 1.82) is 0 Å². The molecule has 1 aromatic rings. The zero-order chi connectivity index (χ0) is 6.69. The zero-order valence-corrected chi connectivity index (χ0v) is 7.32. The highest BCUT2D eigenvalue weighted by Crippen LogP contribution is 1.98. The van der Waals surface area contributed by atoms with Crippen LogP contribution in [-0.2, 0) is 12.4 Å². The van der Waals surface area contributed by atoms with Crippen LogP contribution < -0.4 is 0 Å². The van der Waals surface area contributed by atoms with Gasteiger partial charge in [0, 0.05) is 12.7 Å². The summed E-state index contributed by atoms with van der Waals surface area (Å²) in [6.07, 6.45) is 1.93. The molecule has 0 fully saturated rings. The van der Waals surface area contributed by atoms with Gasteiger partial charge in [0.05, 0.1) is 11.6 Å². The minimum absolute atomic E-state index is 0. The summed E-state index contributed by atoms with van der Waals surface area (Å²) in [4.78, 5) is 0. The molecule has 0 radical (unpaired) electrons. The highest BCUT2D eigenvalue weighted by Gasteiger charge is 1.92. The van der Waals surface area contributed by atoms with E-state index in [2.05, 4.69) is 5.10 Å². The van der Waals surface area contributed by atoms with Crippen molar-refractivity contribution < 1.29 is 0 Å². The molecule has 2 nitrogen and oxygen atoms in total. The fraction of sp³-hybridized carbons (Fsp3) is 0.500. The molecule has 0 saturated heterocycles. The molecule has 0 atom stereocenters. The first-order valence-electron chi connectivity index (χ1n) is 2.95. The second-order valence-electron chi connectivity index (χ2n) is 1.80. The van der Waals surface area contributed by atoms with Gasteiger partial charge in [0.1, 0.15) is 0 Å². The molecule has 4 heteroatoms. The fourth-order valence-electron chi connectivity index (χ4n) is 0.651. The predicted molar refractivity (Wildman–Crippen MR) is 44.7 cm³/mol. The Kier molecular flexibility index (Phi) is 4.49. The lowest BCUT2D eigenvalue weighted by Crippen LogP contribution is -1.94. The molecule has 0 bridgehead atoms. The zero-order valence-electron chi connectivity index (χ0n) is 5.75. The average Bonchev–Trinajstić information content (AvgIpc) is 2.34. The fourth-order valence-corrected chi connectivity index (χ4v) is 0.794. The van der Waals surface area contributed by atoms with Crippen LogP contribution >= 0.6 is 24.0 Å². The highest BCUT2D eigenvalue weighted by molar-refractivity contribution is 6.16. The molecule has 0 aliphatic heterocycles. The summed E-state index contributed by atoms with van der Waals surface area (Å²) >= 11 is 5.52. The Morgan fingerprint density at radius 3 is 2.70 bits per heavy atom. The van der Waals surface area contributed by atoms with E-state index in [1.807, 2.05) is 23.9 Å². The third-order valence-corrected chi connectivity index (χ3v) is 1.43. The Bertz CT molecular complexity index is 167. The Morgan fingerprint density at radius 1 is 1.70 bits per heavy atom. The highest BCUT2D eigenvalue weighted by atomic mass is 35.5. The summed E-state index contributed by atoms with van der Waals surface area (Å²) < 4.78 is 1.86. The van der Waals surface area contributed by atoms with Gasteiger partial charge in [-0.3, -0.25) is 4.68 Å². The predicted octanol–water partition coefficient (Wildman–Crippen LogP) is 2.06. The van der Waals surface area contributed by atoms with E-state index in [1.54, 1.807) is 0 Å². The molecule has 0 saturated carbocycles.